The second kappa shape index (κ2) is 4.91. The Hall–Kier alpha value is -1.97. The second-order valence-electron chi connectivity index (χ2n) is 3.93. The molecule has 1 aromatic heterocycles. The highest BCUT2D eigenvalue weighted by Crippen LogP contribution is 2.18. The molecular formula is C13H17N3O. The molecule has 0 spiro atoms. The Morgan fingerprint density at radius 1 is 1.29 bits per heavy atom. The molecule has 4 heteroatoms. The number of rotatable bonds is 4. The first kappa shape index (κ1) is 11.5. The molecule has 0 bridgehead atoms. The van der Waals surface area contributed by atoms with Gasteiger partial charge in [0.15, 0.2) is 0 Å². The molecule has 0 unspecified atom stereocenters. The van der Waals surface area contributed by atoms with Gasteiger partial charge in [0.2, 0.25) is 0 Å². The van der Waals surface area contributed by atoms with Gasteiger partial charge in [-0.15, -0.1) is 0 Å². The van der Waals surface area contributed by atoms with E-state index in [1.807, 2.05) is 32.3 Å². The van der Waals surface area contributed by atoms with Gasteiger partial charge in [0.25, 0.3) is 0 Å². The first-order valence-corrected chi connectivity index (χ1v) is 5.68. The first-order chi connectivity index (χ1) is 8.20. The van der Waals surface area contributed by atoms with Crippen LogP contribution in [0.15, 0.2) is 30.5 Å². The highest BCUT2D eigenvalue weighted by atomic mass is 16.5. The minimum Gasteiger partial charge on any atom is -0.494 e. The maximum absolute atomic E-state index is 5.90. The van der Waals surface area contributed by atoms with Crippen molar-refractivity contribution in [3.8, 4) is 5.75 Å². The molecule has 0 aliphatic rings. The van der Waals surface area contributed by atoms with Crippen molar-refractivity contribution in [3.63, 3.8) is 0 Å². The monoisotopic (exact) mass is 231 g/mol. The number of aryl methyl sites for hydroxylation is 1. The maximum atomic E-state index is 5.90. The van der Waals surface area contributed by atoms with Crippen LogP contribution in [0.5, 0.6) is 5.75 Å². The van der Waals surface area contributed by atoms with Crippen molar-refractivity contribution in [1.82, 2.24) is 9.78 Å². The van der Waals surface area contributed by atoms with E-state index >= 15 is 0 Å². The van der Waals surface area contributed by atoms with Crippen LogP contribution in [-0.2, 0) is 13.5 Å². The van der Waals surface area contributed by atoms with Crippen molar-refractivity contribution in [2.24, 2.45) is 7.05 Å². The lowest BCUT2D eigenvalue weighted by atomic mass is 10.1. The third-order valence-corrected chi connectivity index (χ3v) is 2.69. The summed E-state index contributed by atoms with van der Waals surface area (Å²) in [6.45, 7) is 2.67. The number of nitrogen functional groups attached to an aromatic ring is 1. The number of hydrogen-bond acceptors (Lipinski definition) is 3. The van der Waals surface area contributed by atoms with Gasteiger partial charge in [0.05, 0.1) is 12.8 Å². The van der Waals surface area contributed by atoms with Crippen molar-refractivity contribution in [2.75, 3.05) is 12.3 Å². The highest BCUT2D eigenvalue weighted by molar-refractivity contribution is 5.42. The van der Waals surface area contributed by atoms with Crippen molar-refractivity contribution < 1.29 is 4.74 Å². The van der Waals surface area contributed by atoms with Gasteiger partial charge in [-0.25, -0.2) is 0 Å². The Morgan fingerprint density at radius 3 is 2.53 bits per heavy atom. The van der Waals surface area contributed by atoms with Crippen LogP contribution in [-0.4, -0.2) is 16.4 Å². The van der Waals surface area contributed by atoms with E-state index in [0.717, 1.165) is 23.6 Å². The van der Waals surface area contributed by atoms with E-state index < -0.39 is 0 Å². The maximum Gasteiger partial charge on any atom is 0.124 e. The van der Waals surface area contributed by atoms with Crippen LogP contribution in [0.1, 0.15) is 18.1 Å². The predicted molar refractivity (Wildman–Crippen MR) is 68.0 cm³/mol. The van der Waals surface area contributed by atoms with Gasteiger partial charge < -0.3 is 10.5 Å². The van der Waals surface area contributed by atoms with Gasteiger partial charge in [-0.2, -0.15) is 5.10 Å². The molecule has 90 valence electrons. The summed E-state index contributed by atoms with van der Waals surface area (Å²) in [5.74, 6) is 1.62. The normalized spacial score (nSPS) is 10.5. The number of hydrogen-bond donors (Lipinski definition) is 1. The fourth-order valence-corrected chi connectivity index (χ4v) is 1.72. The summed E-state index contributed by atoms with van der Waals surface area (Å²) in [6.07, 6.45) is 2.61. The van der Waals surface area contributed by atoms with E-state index in [0.29, 0.717) is 6.61 Å². The Morgan fingerprint density at radius 2 is 2.00 bits per heavy atom. The zero-order valence-corrected chi connectivity index (χ0v) is 10.2. The molecule has 17 heavy (non-hydrogen) atoms. The van der Waals surface area contributed by atoms with Gasteiger partial charge in [-0.1, -0.05) is 12.1 Å². The average molecular weight is 231 g/mol. The van der Waals surface area contributed by atoms with Crippen LogP contribution in [0, 0.1) is 0 Å². The Bertz CT molecular complexity index is 488. The molecule has 0 amide bonds. The lowest BCUT2D eigenvalue weighted by Gasteiger charge is -2.05. The van der Waals surface area contributed by atoms with Gasteiger partial charge in [0.1, 0.15) is 11.6 Å². The molecule has 2 rings (SSSR count). The summed E-state index contributed by atoms with van der Waals surface area (Å²) in [7, 11) is 1.84. The van der Waals surface area contributed by atoms with Crippen LogP contribution in [0.4, 0.5) is 5.82 Å². The number of nitrogens with zero attached hydrogens (tertiary/aromatic N) is 2. The Labute approximate surface area is 101 Å². The Balaban J connectivity index is 2.11. The molecule has 0 atom stereocenters. The largest absolute Gasteiger partial charge is 0.494 e. The zero-order chi connectivity index (χ0) is 12.3. The highest BCUT2D eigenvalue weighted by Gasteiger charge is 2.05. The van der Waals surface area contributed by atoms with Crippen molar-refractivity contribution in [3.05, 3.63) is 41.6 Å². The molecule has 0 saturated carbocycles. The van der Waals surface area contributed by atoms with Gasteiger partial charge in [-0.05, 0) is 24.6 Å². The molecule has 1 aromatic carbocycles. The van der Waals surface area contributed by atoms with E-state index in [2.05, 4.69) is 17.2 Å². The zero-order valence-electron chi connectivity index (χ0n) is 10.2. The molecular weight excluding hydrogens is 214 g/mol. The van der Waals surface area contributed by atoms with Gasteiger partial charge >= 0.3 is 0 Å². The molecule has 0 saturated heterocycles. The standard InChI is InChI=1S/C13H17N3O/c1-3-17-12-6-4-10(5-7-12)8-11-9-15-16(2)13(11)14/h4-7,9H,3,8,14H2,1-2H3. The Kier molecular flexibility index (Phi) is 3.32. The van der Waals surface area contributed by atoms with Gasteiger partial charge in [-0.3, -0.25) is 4.68 Å². The molecule has 0 aliphatic heterocycles. The van der Waals surface area contributed by atoms with E-state index in [4.69, 9.17) is 10.5 Å². The fourth-order valence-electron chi connectivity index (χ4n) is 1.72. The quantitative estimate of drug-likeness (QED) is 0.875. The minimum atomic E-state index is 0.689. The number of nitrogens with two attached hydrogens (primary N) is 1. The van der Waals surface area contributed by atoms with Crippen LogP contribution in [0.3, 0.4) is 0 Å². The molecule has 2 aromatic rings. The molecule has 1 heterocycles. The molecule has 0 radical (unpaired) electrons. The van der Waals surface area contributed by atoms with Crippen molar-refractivity contribution >= 4 is 5.82 Å². The molecule has 4 nitrogen and oxygen atoms in total. The minimum absolute atomic E-state index is 0.689. The number of benzene rings is 1. The lowest BCUT2D eigenvalue weighted by molar-refractivity contribution is 0.340. The number of aromatic nitrogens is 2. The van der Waals surface area contributed by atoms with E-state index in [1.54, 1.807) is 4.68 Å². The van der Waals surface area contributed by atoms with E-state index in [9.17, 15) is 0 Å². The molecule has 2 N–H and O–H groups in total. The first-order valence-electron chi connectivity index (χ1n) is 5.68. The van der Waals surface area contributed by atoms with E-state index in [-0.39, 0.29) is 0 Å². The van der Waals surface area contributed by atoms with Crippen LogP contribution in [0.25, 0.3) is 0 Å². The SMILES string of the molecule is CCOc1ccc(Cc2cnn(C)c2N)cc1. The van der Waals surface area contributed by atoms with Crippen LogP contribution < -0.4 is 10.5 Å². The molecule has 0 aliphatic carbocycles. The predicted octanol–water partition coefficient (Wildman–Crippen LogP) is 1.99. The summed E-state index contributed by atoms with van der Waals surface area (Å²) in [6, 6.07) is 8.06. The van der Waals surface area contributed by atoms with E-state index in [1.165, 1.54) is 5.56 Å². The summed E-state index contributed by atoms with van der Waals surface area (Å²) in [4.78, 5) is 0. The average Bonchev–Trinajstić information content (AvgIpc) is 2.64. The smallest absolute Gasteiger partial charge is 0.124 e. The molecule has 0 fully saturated rings. The summed E-state index contributed by atoms with van der Waals surface area (Å²) in [5.41, 5.74) is 8.16. The summed E-state index contributed by atoms with van der Waals surface area (Å²) < 4.78 is 7.08. The van der Waals surface area contributed by atoms with Crippen LogP contribution >= 0.6 is 0 Å². The van der Waals surface area contributed by atoms with Crippen LogP contribution in [0.2, 0.25) is 0 Å². The topological polar surface area (TPSA) is 53.1 Å². The van der Waals surface area contributed by atoms with Crippen molar-refractivity contribution in [1.29, 1.82) is 0 Å². The number of ether oxygens (including phenoxy) is 1. The fraction of sp³-hybridized carbons (Fsp3) is 0.308. The summed E-state index contributed by atoms with van der Waals surface area (Å²) >= 11 is 0. The van der Waals surface area contributed by atoms with Gasteiger partial charge in [0, 0.05) is 19.0 Å². The third kappa shape index (κ3) is 2.58. The van der Waals surface area contributed by atoms with Crippen molar-refractivity contribution in [2.45, 2.75) is 13.3 Å². The second-order valence-corrected chi connectivity index (χ2v) is 3.93. The lowest BCUT2D eigenvalue weighted by Crippen LogP contribution is -2.00. The third-order valence-electron chi connectivity index (χ3n) is 2.69. The summed E-state index contributed by atoms with van der Waals surface area (Å²) in [5, 5.41) is 4.13. The number of anilines is 1.